The van der Waals surface area contributed by atoms with Crippen molar-refractivity contribution in [2.75, 3.05) is 12.4 Å². The van der Waals surface area contributed by atoms with Crippen molar-refractivity contribution in [3.05, 3.63) is 20.8 Å². The van der Waals surface area contributed by atoms with Gasteiger partial charge in [0.05, 0.1) is 6.67 Å². The molecule has 7 heteroatoms. The maximum absolute atomic E-state index is 11.7. The van der Waals surface area contributed by atoms with Gasteiger partial charge in [0.15, 0.2) is 5.03 Å². The van der Waals surface area contributed by atoms with E-state index in [1.54, 1.807) is 0 Å². The number of H-pyrrole nitrogens is 2. The molecule has 0 aromatic carbocycles. The molecule has 12 heavy (non-hydrogen) atoms. The van der Waals surface area contributed by atoms with Crippen molar-refractivity contribution in [1.82, 2.24) is 15.2 Å². The van der Waals surface area contributed by atoms with Gasteiger partial charge in [0, 0.05) is 5.75 Å². The molecule has 0 atom stereocenters. The van der Waals surface area contributed by atoms with Crippen molar-refractivity contribution < 1.29 is 4.39 Å². The van der Waals surface area contributed by atoms with Crippen molar-refractivity contribution in [2.45, 2.75) is 5.03 Å². The van der Waals surface area contributed by atoms with Crippen LogP contribution in [0.1, 0.15) is 0 Å². The molecule has 0 fully saturated rings. The third-order valence-electron chi connectivity index (χ3n) is 0.996. The molecule has 0 unspecified atom stereocenters. The molecule has 0 saturated heterocycles. The normalized spacial score (nSPS) is 10.1. The molecule has 5 nitrogen and oxygen atoms in total. The zero-order valence-electron chi connectivity index (χ0n) is 5.96. The second-order valence-electron chi connectivity index (χ2n) is 1.85. The Morgan fingerprint density at radius 1 is 1.50 bits per heavy atom. The molecule has 1 heterocycles. The third kappa shape index (κ3) is 2.19. The molecule has 1 rings (SSSR count). The smallest absolute Gasteiger partial charge is 0.271 e. The Hall–Kier alpha value is -1.11. The van der Waals surface area contributed by atoms with Gasteiger partial charge in [0.25, 0.3) is 5.56 Å². The zero-order chi connectivity index (χ0) is 8.97. The summed E-state index contributed by atoms with van der Waals surface area (Å²) in [5.74, 6) is 0.155. The fraction of sp³-hybridized carbons (Fsp3) is 0.400. The van der Waals surface area contributed by atoms with Gasteiger partial charge >= 0.3 is 5.69 Å². The van der Waals surface area contributed by atoms with Gasteiger partial charge in [-0.25, -0.2) is 9.89 Å². The summed E-state index contributed by atoms with van der Waals surface area (Å²) in [5.41, 5.74) is -1.25. The maximum Gasteiger partial charge on any atom is 0.342 e. The van der Waals surface area contributed by atoms with Gasteiger partial charge in [-0.05, 0) is 0 Å². The Balaban J connectivity index is 2.87. The predicted octanol–water partition coefficient (Wildman–Crippen LogP) is -0.480. The van der Waals surface area contributed by atoms with Crippen molar-refractivity contribution in [2.24, 2.45) is 0 Å². The minimum absolute atomic E-state index is 0.0762. The lowest BCUT2D eigenvalue weighted by molar-refractivity contribution is 0.532. The fourth-order valence-corrected chi connectivity index (χ4v) is 1.13. The van der Waals surface area contributed by atoms with Crippen molar-refractivity contribution in [1.29, 1.82) is 0 Å². The number of aromatic nitrogens is 3. The molecule has 0 amide bonds. The van der Waals surface area contributed by atoms with Gasteiger partial charge in [-0.2, -0.15) is 5.10 Å². The SMILES string of the molecule is O=c1[nH]nc(SCCF)c(=O)[nH]1. The van der Waals surface area contributed by atoms with Crippen LogP contribution in [0.5, 0.6) is 0 Å². The molecule has 1 aromatic heterocycles. The van der Waals surface area contributed by atoms with Crippen LogP contribution in [0.3, 0.4) is 0 Å². The average molecular weight is 191 g/mol. The Morgan fingerprint density at radius 3 is 2.83 bits per heavy atom. The van der Waals surface area contributed by atoms with E-state index in [4.69, 9.17) is 0 Å². The number of thioether (sulfide) groups is 1. The predicted molar refractivity (Wildman–Crippen MR) is 42.2 cm³/mol. The van der Waals surface area contributed by atoms with E-state index in [2.05, 4.69) is 5.10 Å². The number of hydrogen-bond donors (Lipinski definition) is 2. The van der Waals surface area contributed by atoms with E-state index in [0.717, 1.165) is 11.8 Å². The molecule has 0 saturated carbocycles. The highest BCUT2D eigenvalue weighted by Crippen LogP contribution is 2.06. The molecule has 0 aliphatic heterocycles. The Morgan fingerprint density at radius 2 is 2.25 bits per heavy atom. The Bertz CT molecular complexity index is 360. The van der Waals surface area contributed by atoms with Gasteiger partial charge < -0.3 is 0 Å². The van der Waals surface area contributed by atoms with E-state index in [1.165, 1.54) is 0 Å². The largest absolute Gasteiger partial charge is 0.342 e. The molecule has 0 aliphatic rings. The van der Waals surface area contributed by atoms with Gasteiger partial charge in [-0.1, -0.05) is 11.8 Å². The minimum Gasteiger partial charge on any atom is -0.271 e. The Kier molecular flexibility index (Phi) is 3.03. The number of nitrogens with zero attached hydrogens (tertiary/aromatic N) is 1. The first-order valence-electron chi connectivity index (χ1n) is 3.12. The molecule has 1 aromatic rings. The molecular weight excluding hydrogens is 185 g/mol. The van der Waals surface area contributed by atoms with Crippen LogP contribution in [0.2, 0.25) is 0 Å². The van der Waals surface area contributed by atoms with Gasteiger partial charge in [-0.3, -0.25) is 14.2 Å². The lowest BCUT2D eigenvalue weighted by Crippen LogP contribution is -2.25. The van der Waals surface area contributed by atoms with E-state index in [-0.39, 0.29) is 10.8 Å². The number of nitrogens with one attached hydrogen (secondary N) is 2. The van der Waals surface area contributed by atoms with Crippen LogP contribution < -0.4 is 11.2 Å². The summed E-state index contributed by atoms with van der Waals surface area (Å²) < 4.78 is 11.7. The summed E-state index contributed by atoms with van der Waals surface area (Å²) in [6, 6.07) is 0. The minimum atomic E-state index is -0.662. The quantitative estimate of drug-likeness (QED) is 0.632. The van der Waals surface area contributed by atoms with Crippen molar-refractivity contribution in [3.63, 3.8) is 0 Å². The molecule has 66 valence electrons. The standard InChI is InChI=1S/C5H6FN3O2S/c6-1-2-12-4-3(10)7-5(11)9-8-4/h1-2H2,(H2,7,9,10,11). The van der Waals surface area contributed by atoms with Crippen molar-refractivity contribution in [3.8, 4) is 0 Å². The first kappa shape index (κ1) is 8.98. The van der Waals surface area contributed by atoms with E-state index in [1.807, 2.05) is 10.1 Å². The molecule has 0 bridgehead atoms. The lowest BCUT2D eigenvalue weighted by Gasteiger charge is -1.92. The summed E-state index contributed by atoms with van der Waals surface area (Å²) in [7, 11) is 0. The molecule has 2 N–H and O–H groups in total. The fourth-order valence-electron chi connectivity index (χ4n) is 0.570. The highest BCUT2D eigenvalue weighted by atomic mass is 32.2. The highest BCUT2D eigenvalue weighted by molar-refractivity contribution is 7.99. The average Bonchev–Trinajstić information content (AvgIpc) is 2.03. The second-order valence-corrected chi connectivity index (χ2v) is 2.93. The highest BCUT2D eigenvalue weighted by Gasteiger charge is 2.01. The number of hydrogen-bond acceptors (Lipinski definition) is 4. The van der Waals surface area contributed by atoms with E-state index >= 15 is 0 Å². The third-order valence-corrected chi connectivity index (χ3v) is 1.90. The first-order valence-corrected chi connectivity index (χ1v) is 4.10. The first-order chi connectivity index (χ1) is 5.74. The number of aromatic amines is 2. The molecular formula is C5H6FN3O2S. The zero-order valence-corrected chi connectivity index (χ0v) is 6.78. The molecule has 0 radical (unpaired) electrons. The van der Waals surface area contributed by atoms with E-state index in [0.29, 0.717) is 0 Å². The summed E-state index contributed by atoms with van der Waals surface area (Å²) >= 11 is 0.956. The summed E-state index contributed by atoms with van der Waals surface area (Å²) in [6.07, 6.45) is 0. The number of alkyl halides is 1. The van der Waals surface area contributed by atoms with Gasteiger partial charge in [-0.15, -0.1) is 0 Å². The monoisotopic (exact) mass is 191 g/mol. The van der Waals surface area contributed by atoms with E-state index in [9.17, 15) is 14.0 Å². The Labute approximate surface area is 70.4 Å². The van der Waals surface area contributed by atoms with Crippen LogP contribution in [0.25, 0.3) is 0 Å². The summed E-state index contributed by atoms with van der Waals surface area (Å²) in [6.45, 7) is -0.537. The number of halogens is 1. The second kappa shape index (κ2) is 4.05. The van der Waals surface area contributed by atoms with Gasteiger partial charge in [0.2, 0.25) is 0 Å². The van der Waals surface area contributed by atoms with Crippen LogP contribution in [-0.2, 0) is 0 Å². The number of rotatable bonds is 3. The maximum atomic E-state index is 11.7. The van der Waals surface area contributed by atoms with Crippen LogP contribution in [0, 0.1) is 0 Å². The summed E-state index contributed by atoms with van der Waals surface area (Å²) in [4.78, 5) is 23.3. The topological polar surface area (TPSA) is 78.6 Å². The molecule has 0 aliphatic carbocycles. The van der Waals surface area contributed by atoms with Crippen LogP contribution in [0.15, 0.2) is 14.6 Å². The van der Waals surface area contributed by atoms with E-state index < -0.39 is 17.9 Å². The molecule has 0 spiro atoms. The lowest BCUT2D eigenvalue weighted by atomic mass is 10.8. The van der Waals surface area contributed by atoms with Crippen LogP contribution in [0.4, 0.5) is 4.39 Å². The van der Waals surface area contributed by atoms with Crippen LogP contribution in [-0.4, -0.2) is 27.6 Å². The summed E-state index contributed by atoms with van der Waals surface area (Å²) in [5, 5.41) is 5.55. The van der Waals surface area contributed by atoms with Crippen molar-refractivity contribution >= 4 is 11.8 Å². The van der Waals surface area contributed by atoms with Crippen LogP contribution >= 0.6 is 11.8 Å². The van der Waals surface area contributed by atoms with Gasteiger partial charge in [0.1, 0.15) is 0 Å².